The lowest BCUT2D eigenvalue weighted by Crippen LogP contribution is -2.65. The van der Waals surface area contributed by atoms with Gasteiger partial charge in [-0.1, -0.05) is 13.3 Å². The Labute approximate surface area is 201 Å². The molecule has 1 fully saturated rings. The van der Waals surface area contributed by atoms with Gasteiger partial charge in [0, 0.05) is 36.6 Å². The first kappa shape index (κ1) is 28.0. The van der Waals surface area contributed by atoms with E-state index in [2.05, 4.69) is 65.1 Å². The molecule has 0 bridgehead atoms. The fraction of sp³-hybridized carbons (Fsp3) is 0.875. The summed E-state index contributed by atoms with van der Waals surface area (Å²) in [5, 5.41) is 7.01. The van der Waals surface area contributed by atoms with Gasteiger partial charge in [-0.3, -0.25) is 4.90 Å². The van der Waals surface area contributed by atoms with Gasteiger partial charge in [0.25, 0.3) is 0 Å². The number of rotatable bonds is 14. The molecule has 1 aromatic rings. The van der Waals surface area contributed by atoms with E-state index in [9.17, 15) is 0 Å². The second kappa shape index (κ2) is 12.5. The molecule has 9 heteroatoms. The Balaban J connectivity index is 2.20. The molecule has 1 aliphatic rings. The highest BCUT2D eigenvalue weighted by Crippen LogP contribution is 2.46. The number of unbranched alkanes of at least 4 members (excludes halogenated alkanes) is 1. The summed E-state index contributed by atoms with van der Waals surface area (Å²) in [6.45, 7) is 16.9. The molecular weight excluding hydrogens is 414 g/mol. The van der Waals surface area contributed by atoms with Crippen molar-refractivity contribution in [2.75, 3.05) is 39.3 Å². The summed E-state index contributed by atoms with van der Waals surface area (Å²) in [7, 11) is 0. The van der Waals surface area contributed by atoms with Crippen LogP contribution in [0.4, 0.5) is 0 Å². The van der Waals surface area contributed by atoms with Crippen molar-refractivity contribution in [3.05, 3.63) is 18.5 Å². The van der Waals surface area contributed by atoms with Gasteiger partial charge >= 0.3 is 0 Å². The number of hydrogen-bond donors (Lipinski definition) is 5. The van der Waals surface area contributed by atoms with E-state index in [0.717, 1.165) is 45.4 Å². The van der Waals surface area contributed by atoms with E-state index < -0.39 is 5.66 Å². The maximum atomic E-state index is 6.83. The number of likely N-dealkylation sites (tertiary alicyclic amines) is 1. The van der Waals surface area contributed by atoms with Crippen LogP contribution in [-0.4, -0.2) is 70.2 Å². The lowest BCUT2D eigenvalue weighted by atomic mass is 9.66. The Morgan fingerprint density at radius 2 is 1.64 bits per heavy atom. The van der Waals surface area contributed by atoms with Gasteiger partial charge < -0.3 is 27.8 Å². The van der Waals surface area contributed by atoms with Crippen LogP contribution in [0.2, 0.25) is 0 Å². The fourth-order valence-corrected chi connectivity index (χ4v) is 5.74. The first-order chi connectivity index (χ1) is 15.6. The first-order valence-corrected chi connectivity index (χ1v) is 12.7. The molecular formula is C24H49N9. The molecule has 1 saturated heterocycles. The minimum atomic E-state index is -1.15. The summed E-state index contributed by atoms with van der Waals surface area (Å²) in [4.78, 5) is 15.3. The van der Waals surface area contributed by atoms with Crippen LogP contribution in [0.3, 0.4) is 0 Å². The third-order valence-corrected chi connectivity index (χ3v) is 7.18. The minimum Gasteiger partial charge on any atom is -0.330 e. The van der Waals surface area contributed by atoms with Crippen molar-refractivity contribution in [1.29, 1.82) is 0 Å². The highest BCUT2D eigenvalue weighted by molar-refractivity contribution is 5.09. The highest BCUT2D eigenvalue weighted by atomic mass is 15.3. The SMILES string of the molecule is CCCCN1C(C)(C)CC(C(CNCCNCCCN)C(N)(N)c2ncncn2)CC1(C)C. The van der Waals surface area contributed by atoms with Crippen molar-refractivity contribution in [3.8, 4) is 0 Å². The van der Waals surface area contributed by atoms with E-state index in [1.807, 2.05) is 0 Å². The highest BCUT2D eigenvalue weighted by Gasteiger charge is 2.50. The molecule has 8 N–H and O–H groups in total. The molecule has 1 unspecified atom stereocenters. The third-order valence-electron chi connectivity index (χ3n) is 7.18. The van der Waals surface area contributed by atoms with E-state index in [4.69, 9.17) is 17.2 Å². The number of aromatic nitrogens is 3. The number of hydrogen-bond acceptors (Lipinski definition) is 9. The third kappa shape index (κ3) is 7.63. The normalized spacial score (nSPS) is 20.1. The first-order valence-electron chi connectivity index (χ1n) is 12.7. The van der Waals surface area contributed by atoms with Crippen LogP contribution in [0.15, 0.2) is 12.7 Å². The monoisotopic (exact) mass is 463 g/mol. The van der Waals surface area contributed by atoms with Crippen LogP contribution in [0.5, 0.6) is 0 Å². The van der Waals surface area contributed by atoms with Gasteiger partial charge in [0.2, 0.25) is 0 Å². The number of piperidine rings is 1. The Morgan fingerprint density at radius 3 is 2.21 bits per heavy atom. The fourth-order valence-electron chi connectivity index (χ4n) is 5.74. The molecule has 0 spiro atoms. The molecule has 0 radical (unpaired) electrons. The summed E-state index contributed by atoms with van der Waals surface area (Å²) in [6.07, 6.45) is 8.41. The zero-order valence-corrected chi connectivity index (χ0v) is 21.6. The maximum Gasteiger partial charge on any atom is 0.166 e. The quantitative estimate of drug-likeness (QED) is 0.203. The van der Waals surface area contributed by atoms with Crippen molar-refractivity contribution in [1.82, 2.24) is 30.5 Å². The molecule has 2 heterocycles. The van der Waals surface area contributed by atoms with Gasteiger partial charge in [-0.15, -0.1) is 0 Å². The van der Waals surface area contributed by atoms with Gasteiger partial charge in [-0.2, -0.15) is 0 Å². The van der Waals surface area contributed by atoms with E-state index >= 15 is 0 Å². The van der Waals surface area contributed by atoms with Crippen LogP contribution >= 0.6 is 0 Å². The molecule has 0 saturated carbocycles. The van der Waals surface area contributed by atoms with Crippen molar-refractivity contribution < 1.29 is 0 Å². The maximum absolute atomic E-state index is 6.83. The van der Waals surface area contributed by atoms with E-state index in [0.29, 0.717) is 24.8 Å². The second-order valence-electron chi connectivity index (χ2n) is 10.9. The number of nitrogens with two attached hydrogens (primary N) is 3. The molecule has 1 aliphatic heterocycles. The van der Waals surface area contributed by atoms with Crippen molar-refractivity contribution >= 4 is 0 Å². The molecule has 0 aromatic carbocycles. The van der Waals surface area contributed by atoms with E-state index in [-0.39, 0.29) is 17.0 Å². The average Bonchev–Trinajstić information content (AvgIpc) is 2.74. The van der Waals surface area contributed by atoms with Crippen molar-refractivity contribution in [2.45, 2.75) is 83.5 Å². The topological polar surface area (TPSA) is 144 Å². The van der Waals surface area contributed by atoms with Gasteiger partial charge in [0.1, 0.15) is 18.3 Å². The van der Waals surface area contributed by atoms with Gasteiger partial charge in [-0.05, 0) is 78.9 Å². The molecule has 0 amide bonds. The molecule has 190 valence electrons. The lowest BCUT2D eigenvalue weighted by Gasteiger charge is -2.58. The average molecular weight is 464 g/mol. The summed E-state index contributed by atoms with van der Waals surface area (Å²) in [5.74, 6) is 0.766. The predicted molar refractivity (Wildman–Crippen MR) is 135 cm³/mol. The summed E-state index contributed by atoms with van der Waals surface area (Å²) in [5.41, 5.74) is 18.2. The zero-order chi connectivity index (χ0) is 24.5. The van der Waals surface area contributed by atoms with Crippen LogP contribution in [-0.2, 0) is 5.66 Å². The largest absolute Gasteiger partial charge is 0.330 e. The predicted octanol–water partition coefficient (Wildman–Crippen LogP) is 1.16. The molecule has 2 rings (SSSR count). The van der Waals surface area contributed by atoms with Gasteiger partial charge in [0.05, 0.1) is 0 Å². The molecule has 33 heavy (non-hydrogen) atoms. The Kier molecular flexibility index (Phi) is 10.6. The number of nitrogens with one attached hydrogen (secondary N) is 2. The Hall–Kier alpha value is -1.23. The summed E-state index contributed by atoms with van der Waals surface area (Å²) < 4.78 is 0. The molecule has 9 nitrogen and oxygen atoms in total. The molecule has 0 aliphatic carbocycles. The van der Waals surface area contributed by atoms with Crippen LogP contribution in [0, 0.1) is 11.8 Å². The Morgan fingerprint density at radius 1 is 1.03 bits per heavy atom. The van der Waals surface area contributed by atoms with Crippen molar-refractivity contribution in [2.24, 2.45) is 29.0 Å². The minimum absolute atomic E-state index is 0.0178. The van der Waals surface area contributed by atoms with Crippen LogP contribution < -0.4 is 27.8 Å². The van der Waals surface area contributed by atoms with Crippen LogP contribution in [0.25, 0.3) is 0 Å². The van der Waals surface area contributed by atoms with Gasteiger partial charge in [0.15, 0.2) is 5.82 Å². The summed E-state index contributed by atoms with van der Waals surface area (Å²) in [6, 6.07) is 0. The smallest absolute Gasteiger partial charge is 0.166 e. The van der Waals surface area contributed by atoms with E-state index in [1.165, 1.54) is 25.5 Å². The summed E-state index contributed by atoms with van der Waals surface area (Å²) >= 11 is 0. The molecule has 1 atom stereocenters. The van der Waals surface area contributed by atoms with Crippen molar-refractivity contribution in [3.63, 3.8) is 0 Å². The lowest BCUT2D eigenvalue weighted by molar-refractivity contribution is -0.0728. The van der Waals surface area contributed by atoms with Gasteiger partial charge in [-0.25, -0.2) is 15.0 Å². The second-order valence-corrected chi connectivity index (χ2v) is 10.9. The van der Waals surface area contributed by atoms with E-state index in [1.54, 1.807) is 0 Å². The zero-order valence-electron chi connectivity index (χ0n) is 21.6. The number of nitrogens with zero attached hydrogens (tertiary/aromatic N) is 4. The molecule has 1 aromatic heterocycles. The Bertz CT molecular complexity index is 660. The standard InChI is InChI=1S/C24H49N9/c1-6-7-13-33-22(2,3)14-19(15-23(33,4)5)20(16-29-12-11-28-10-8-9-25)24(26,27)21-31-17-30-18-32-21/h17-20,28-29H,6-16,25-27H2,1-5H3. The van der Waals surface area contributed by atoms with Crippen LogP contribution in [0.1, 0.15) is 72.5 Å².